The van der Waals surface area contributed by atoms with Crippen LogP contribution in [-0.2, 0) is 59.1 Å². The number of hydrogen-bond donors (Lipinski definition) is 1. The lowest BCUT2D eigenvalue weighted by Gasteiger charge is -2.32. The predicted octanol–water partition coefficient (Wildman–Crippen LogP) is 6.46. The van der Waals surface area contributed by atoms with Crippen LogP contribution < -0.4 is 10.1 Å². The van der Waals surface area contributed by atoms with Crippen LogP contribution in [0.2, 0.25) is 0 Å². The Morgan fingerprint density at radius 2 is 1.37 bits per heavy atom. The number of carbonyl (C=O) groups excluding carboxylic acids is 6. The summed E-state index contributed by atoms with van der Waals surface area (Å²) in [5.74, 6) is -5.99. The van der Waals surface area contributed by atoms with Crippen molar-refractivity contribution in [2.75, 3.05) is 40.6 Å². The van der Waals surface area contributed by atoms with Gasteiger partial charge in [-0.2, -0.15) is 0 Å². The zero-order valence-electron chi connectivity index (χ0n) is 33.5. The number of methoxy groups -OCH3 is 2. The fraction of sp³-hybridized carbons (Fsp3) is 0.488. The van der Waals surface area contributed by atoms with Gasteiger partial charge in [0.1, 0.15) is 38.0 Å². The maximum atomic E-state index is 16.0. The third kappa shape index (κ3) is 13.9. The van der Waals surface area contributed by atoms with Crippen molar-refractivity contribution in [1.82, 2.24) is 5.32 Å². The zero-order valence-corrected chi connectivity index (χ0v) is 33.5. The van der Waals surface area contributed by atoms with E-state index in [2.05, 4.69) is 34.9 Å². The Bertz CT molecular complexity index is 1760. The number of hydrogen-bond acceptors (Lipinski definition) is 12. The second-order valence-electron chi connectivity index (χ2n) is 14.5. The molecule has 0 bridgehead atoms. The molecule has 0 radical (unpaired) electrons. The van der Waals surface area contributed by atoms with E-state index in [0.717, 1.165) is 45.5 Å². The van der Waals surface area contributed by atoms with Crippen molar-refractivity contribution in [3.05, 3.63) is 77.6 Å². The first-order valence-corrected chi connectivity index (χ1v) is 19.0. The van der Waals surface area contributed by atoms with Gasteiger partial charge in [0, 0.05) is 28.8 Å². The topological polar surface area (TPSA) is 170 Å². The van der Waals surface area contributed by atoms with Crippen molar-refractivity contribution in [2.45, 2.75) is 84.7 Å². The van der Waals surface area contributed by atoms with Gasteiger partial charge in [0.15, 0.2) is 0 Å². The van der Waals surface area contributed by atoms with Gasteiger partial charge in [0.2, 0.25) is 5.91 Å². The molecule has 13 nitrogen and oxygen atoms in total. The molecule has 0 aliphatic heterocycles. The van der Waals surface area contributed by atoms with E-state index in [1.807, 2.05) is 6.07 Å². The molecule has 14 heteroatoms. The molecule has 2 aromatic carbocycles. The molecule has 310 valence electrons. The molecule has 3 rings (SSSR count). The summed E-state index contributed by atoms with van der Waals surface area (Å²) in [6.45, 7) is 9.89. The van der Waals surface area contributed by atoms with Gasteiger partial charge >= 0.3 is 29.8 Å². The summed E-state index contributed by atoms with van der Waals surface area (Å²) in [5, 5.41) is 2.58. The lowest BCUT2D eigenvalue weighted by molar-refractivity contribution is -0.173. The molecular formula is C43H54FNO12. The van der Waals surface area contributed by atoms with Gasteiger partial charge < -0.3 is 33.7 Å². The van der Waals surface area contributed by atoms with E-state index in [1.54, 1.807) is 18.2 Å². The molecule has 0 spiro atoms. The summed E-state index contributed by atoms with van der Waals surface area (Å²) in [5.41, 5.74) is 0.675. The average molecular weight is 796 g/mol. The van der Waals surface area contributed by atoms with Gasteiger partial charge in [-0.25, -0.2) is 28.4 Å². The zero-order chi connectivity index (χ0) is 42.1. The third-order valence-electron chi connectivity index (χ3n) is 9.88. The van der Waals surface area contributed by atoms with Crippen LogP contribution >= 0.6 is 0 Å². The minimum absolute atomic E-state index is 0.123. The van der Waals surface area contributed by atoms with Crippen LogP contribution in [-0.4, -0.2) is 76.3 Å². The third-order valence-corrected chi connectivity index (χ3v) is 9.88. The van der Waals surface area contributed by atoms with E-state index in [0.29, 0.717) is 17.0 Å². The number of carbonyl (C=O) groups is 6. The van der Waals surface area contributed by atoms with E-state index in [9.17, 15) is 28.8 Å². The molecule has 0 unspecified atom stereocenters. The molecule has 57 heavy (non-hydrogen) atoms. The first kappa shape index (κ1) is 45.9. The van der Waals surface area contributed by atoms with Crippen molar-refractivity contribution >= 4 is 35.8 Å². The molecule has 1 aliphatic carbocycles. The number of amides is 1. The number of halogens is 1. The fourth-order valence-corrected chi connectivity index (χ4v) is 6.43. The second-order valence-corrected chi connectivity index (χ2v) is 14.5. The quantitative estimate of drug-likeness (QED) is 0.0543. The van der Waals surface area contributed by atoms with E-state index in [-0.39, 0.29) is 41.5 Å². The maximum Gasteiger partial charge on any atom is 0.417 e. The standard InChI is InChI=1S/C43H54FNO12/c1-8-9-10-11-29-12-14-30(15-13-29)31-16-18-35(36(44)21-31)34-19-17-33(20-32(34)22-54-38(47)28(4)5)55-24-43(23-45-37(46)27(2)3,25-56-41(50)39(48)52-6)26-57-42(51)40(49)53-7/h16-21,29-30H,2,4,8-15,22-26H2,1,3,5-7H3,(H,45,46). The Labute approximate surface area is 333 Å². The summed E-state index contributed by atoms with van der Waals surface area (Å²) in [4.78, 5) is 73.3. The first-order valence-electron chi connectivity index (χ1n) is 19.0. The Kier molecular flexibility index (Phi) is 17.9. The molecule has 1 fully saturated rings. The van der Waals surface area contributed by atoms with Crippen LogP contribution in [0, 0.1) is 17.2 Å². The van der Waals surface area contributed by atoms with E-state index in [4.69, 9.17) is 18.9 Å². The normalized spacial score (nSPS) is 15.1. The Hall–Kier alpha value is -5.53. The summed E-state index contributed by atoms with van der Waals surface area (Å²) in [6, 6.07) is 9.88. The first-order chi connectivity index (χ1) is 27.1. The molecule has 0 heterocycles. The van der Waals surface area contributed by atoms with E-state index >= 15 is 4.39 Å². The highest BCUT2D eigenvalue weighted by molar-refractivity contribution is 6.30. The van der Waals surface area contributed by atoms with Crippen LogP contribution in [0.5, 0.6) is 5.75 Å². The highest BCUT2D eigenvalue weighted by atomic mass is 19.1. The number of unbranched alkanes of at least 4 members (excludes halogenated alkanes) is 2. The minimum Gasteiger partial charge on any atom is -0.493 e. The number of nitrogens with one attached hydrogen (secondary N) is 1. The minimum atomic E-state index is -1.62. The lowest BCUT2D eigenvalue weighted by atomic mass is 9.77. The van der Waals surface area contributed by atoms with Gasteiger partial charge in [0.05, 0.1) is 19.6 Å². The summed E-state index contributed by atoms with van der Waals surface area (Å²) >= 11 is 0. The monoisotopic (exact) mass is 795 g/mol. The van der Waals surface area contributed by atoms with Crippen molar-refractivity contribution in [3.63, 3.8) is 0 Å². The van der Waals surface area contributed by atoms with Crippen LogP contribution in [0.4, 0.5) is 4.39 Å². The summed E-state index contributed by atoms with van der Waals surface area (Å²) < 4.78 is 46.7. The number of esters is 5. The number of rotatable bonds is 19. The van der Waals surface area contributed by atoms with E-state index < -0.39 is 66.8 Å². The van der Waals surface area contributed by atoms with Gasteiger partial charge in [-0.3, -0.25) is 4.79 Å². The van der Waals surface area contributed by atoms with Gasteiger partial charge in [0.25, 0.3) is 0 Å². The largest absolute Gasteiger partial charge is 0.493 e. The fourth-order valence-electron chi connectivity index (χ4n) is 6.43. The number of benzene rings is 2. The van der Waals surface area contributed by atoms with Crippen LogP contribution in [0.25, 0.3) is 11.1 Å². The molecular weight excluding hydrogens is 741 g/mol. The van der Waals surface area contributed by atoms with Crippen LogP contribution in [0.15, 0.2) is 60.7 Å². The summed E-state index contributed by atoms with van der Waals surface area (Å²) in [6.07, 6.45) is 9.19. The van der Waals surface area contributed by atoms with Gasteiger partial charge in [-0.15, -0.1) is 0 Å². The van der Waals surface area contributed by atoms with Crippen LogP contribution in [0.3, 0.4) is 0 Å². The molecule has 0 aromatic heterocycles. The smallest absolute Gasteiger partial charge is 0.417 e. The Morgan fingerprint density at radius 3 is 1.91 bits per heavy atom. The molecule has 2 aromatic rings. The second kappa shape index (κ2) is 22.3. The van der Waals surface area contributed by atoms with Gasteiger partial charge in [-0.1, -0.05) is 64.0 Å². The number of ether oxygens (including phenoxy) is 6. The molecule has 0 saturated heterocycles. The summed E-state index contributed by atoms with van der Waals surface area (Å²) in [7, 11) is 1.95. The Morgan fingerprint density at radius 1 is 0.754 bits per heavy atom. The van der Waals surface area contributed by atoms with Crippen molar-refractivity contribution in [3.8, 4) is 16.9 Å². The molecule has 1 aliphatic rings. The molecule has 1 amide bonds. The van der Waals surface area contributed by atoms with Crippen molar-refractivity contribution < 1.29 is 61.6 Å². The highest BCUT2D eigenvalue weighted by Gasteiger charge is 2.38. The lowest BCUT2D eigenvalue weighted by Crippen LogP contribution is -2.49. The van der Waals surface area contributed by atoms with Crippen molar-refractivity contribution in [2.24, 2.45) is 11.3 Å². The van der Waals surface area contributed by atoms with Crippen molar-refractivity contribution in [1.29, 1.82) is 0 Å². The molecule has 0 atom stereocenters. The highest BCUT2D eigenvalue weighted by Crippen LogP contribution is 2.39. The molecule has 1 saturated carbocycles. The Balaban J connectivity index is 1.96. The van der Waals surface area contributed by atoms with Gasteiger partial charge in [-0.05, 0) is 80.7 Å². The molecule has 1 N–H and O–H groups in total. The average Bonchev–Trinajstić information content (AvgIpc) is 3.21. The SMILES string of the molecule is C=C(C)C(=O)NCC(COC(=O)C(=O)OC)(COC(=O)C(=O)OC)COc1ccc(-c2ccc(C3CCC(CCCCC)CC3)cc2F)c(COC(=O)C(=C)C)c1. The van der Waals surface area contributed by atoms with Crippen LogP contribution in [0.1, 0.15) is 89.2 Å². The van der Waals surface area contributed by atoms with E-state index in [1.165, 1.54) is 51.7 Å². The maximum absolute atomic E-state index is 16.0. The predicted molar refractivity (Wildman–Crippen MR) is 207 cm³/mol.